The van der Waals surface area contributed by atoms with Gasteiger partial charge in [-0.25, -0.2) is 4.79 Å². The molecule has 170 valence electrons. The first kappa shape index (κ1) is 24.6. The van der Waals surface area contributed by atoms with E-state index in [2.05, 4.69) is 21.7 Å². The molecular weight excluding hydrogens is 392 g/mol. The minimum atomic E-state index is -0.581. The molecule has 0 aliphatic carbocycles. The SMILES string of the molecule is CC(C)N[C@H](Cc1c[nH]c2ccccc12)C(=O)C[C@H](CCCNC(N)=O)C(=O)C(C)C. The number of aromatic amines is 1. The van der Waals surface area contributed by atoms with Crippen LogP contribution in [0.5, 0.6) is 0 Å². The number of nitrogens with two attached hydrogens (primary N) is 1. The number of aromatic nitrogens is 1. The Morgan fingerprint density at radius 1 is 1.10 bits per heavy atom. The average Bonchev–Trinajstić information content (AvgIpc) is 3.11. The molecule has 1 heterocycles. The van der Waals surface area contributed by atoms with Crippen LogP contribution in [0, 0.1) is 11.8 Å². The molecule has 0 unspecified atom stereocenters. The first-order chi connectivity index (χ1) is 14.7. The number of primary amides is 1. The third-order valence-electron chi connectivity index (χ3n) is 5.47. The Balaban J connectivity index is 2.13. The fourth-order valence-electron chi connectivity index (χ4n) is 3.95. The summed E-state index contributed by atoms with van der Waals surface area (Å²) in [5.41, 5.74) is 7.23. The van der Waals surface area contributed by atoms with E-state index in [0.717, 1.165) is 16.5 Å². The molecule has 31 heavy (non-hydrogen) atoms. The van der Waals surface area contributed by atoms with Crippen molar-refractivity contribution in [3.05, 3.63) is 36.0 Å². The van der Waals surface area contributed by atoms with Crippen LogP contribution in [0.2, 0.25) is 0 Å². The van der Waals surface area contributed by atoms with Crippen molar-refractivity contribution in [1.29, 1.82) is 0 Å². The van der Waals surface area contributed by atoms with Crippen LogP contribution >= 0.6 is 0 Å². The molecule has 0 radical (unpaired) electrons. The molecule has 0 aliphatic heterocycles. The summed E-state index contributed by atoms with van der Waals surface area (Å²) in [4.78, 5) is 40.2. The number of rotatable bonds is 13. The highest BCUT2D eigenvalue weighted by molar-refractivity contribution is 5.92. The number of para-hydroxylation sites is 1. The van der Waals surface area contributed by atoms with Crippen LogP contribution < -0.4 is 16.4 Å². The highest BCUT2D eigenvalue weighted by Gasteiger charge is 2.28. The molecule has 1 aromatic carbocycles. The molecule has 2 amide bonds. The number of H-pyrrole nitrogens is 1. The van der Waals surface area contributed by atoms with Gasteiger partial charge in [-0.1, -0.05) is 45.9 Å². The first-order valence-corrected chi connectivity index (χ1v) is 11.1. The highest BCUT2D eigenvalue weighted by Crippen LogP contribution is 2.22. The summed E-state index contributed by atoms with van der Waals surface area (Å²) in [7, 11) is 0. The van der Waals surface area contributed by atoms with E-state index >= 15 is 0 Å². The van der Waals surface area contributed by atoms with Gasteiger partial charge in [-0.05, 0) is 30.9 Å². The second-order valence-electron chi connectivity index (χ2n) is 8.80. The number of benzene rings is 1. The number of Topliss-reactive ketones (excluding diaryl/α,β-unsaturated/α-hetero) is 2. The van der Waals surface area contributed by atoms with Gasteiger partial charge in [0.15, 0.2) is 5.78 Å². The van der Waals surface area contributed by atoms with Gasteiger partial charge in [-0.2, -0.15) is 0 Å². The van der Waals surface area contributed by atoms with Crippen molar-refractivity contribution in [2.24, 2.45) is 17.6 Å². The molecule has 0 aliphatic rings. The van der Waals surface area contributed by atoms with Gasteiger partial charge in [-0.3, -0.25) is 9.59 Å². The van der Waals surface area contributed by atoms with Crippen molar-refractivity contribution >= 4 is 28.5 Å². The molecule has 0 fully saturated rings. The third kappa shape index (κ3) is 7.51. The molecule has 2 aromatic rings. The smallest absolute Gasteiger partial charge is 0.312 e. The lowest BCUT2D eigenvalue weighted by Crippen LogP contribution is -2.43. The minimum absolute atomic E-state index is 0.0424. The Bertz CT molecular complexity index is 888. The molecule has 7 nitrogen and oxygen atoms in total. The van der Waals surface area contributed by atoms with E-state index in [1.165, 1.54) is 0 Å². The zero-order valence-electron chi connectivity index (χ0n) is 19.0. The zero-order valence-corrected chi connectivity index (χ0v) is 19.0. The number of carbonyl (C=O) groups is 3. The molecule has 2 rings (SSSR count). The number of nitrogens with one attached hydrogen (secondary N) is 3. The molecule has 2 atom stereocenters. The Hall–Kier alpha value is -2.67. The van der Waals surface area contributed by atoms with E-state index in [-0.39, 0.29) is 41.9 Å². The lowest BCUT2D eigenvalue weighted by molar-refractivity contribution is -0.131. The van der Waals surface area contributed by atoms with Gasteiger partial charge in [0.2, 0.25) is 0 Å². The Morgan fingerprint density at radius 2 is 1.81 bits per heavy atom. The van der Waals surface area contributed by atoms with E-state index in [1.807, 2.05) is 52.1 Å². The summed E-state index contributed by atoms with van der Waals surface area (Å²) in [6.45, 7) is 8.15. The number of ketones is 2. The standard InChI is InChI=1S/C24H36N4O3/c1-15(2)23(30)17(8-7-11-26-24(25)31)13-22(29)21(28-16(3)4)12-18-14-27-20-10-6-5-9-19(18)20/h5-6,9-10,14-17,21,27-28H,7-8,11-13H2,1-4H3,(H3,25,26,31)/t17-,21+/m0/s1. The van der Waals surface area contributed by atoms with E-state index < -0.39 is 6.03 Å². The van der Waals surface area contributed by atoms with Gasteiger partial charge in [0.25, 0.3) is 0 Å². The zero-order chi connectivity index (χ0) is 23.0. The van der Waals surface area contributed by atoms with Gasteiger partial charge in [-0.15, -0.1) is 0 Å². The van der Waals surface area contributed by atoms with Crippen molar-refractivity contribution in [3.8, 4) is 0 Å². The van der Waals surface area contributed by atoms with Crippen molar-refractivity contribution in [3.63, 3.8) is 0 Å². The third-order valence-corrected chi connectivity index (χ3v) is 5.47. The molecular formula is C24H36N4O3. The molecule has 5 N–H and O–H groups in total. The Morgan fingerprint density at radius 3 is 2.45 bits per heavy atom. The number of hydrogen-bond acceptors (Lipinski definition) is 4. The van der Waals surface area contributed by atoms with Crippen LogP contribution in [0.3, 0.4) is 0 Å². The number of fused-ring (bicyclic) bond motifs is 1. The van der Waals surface area contributed by atoms with Crippen LogP contribution in [0.25, 0.3) is 10.9 Å². The minimum Gasteiger partial charge on any atom is -0.361 e. The van der Waals surface area contributed by atoms with Gasteiger partial charge >= 0.3 is 6.03 Å². The largest absolute Gasteiger partial charge is 0.361 e. The van der Waals surface area contributed by atoms with E-state index in [9.17, 15) is 14.4 Å². The molecule has 1 aromatic heterocycles. The van der Waals surface area contributed by atoms with Crippen LogP contribution in [0.15, 0.2) is 30.5 Å². The van der Waals surface area contributed by atoms with Crippen molar-refractivity contribution in [1.82, 2.24) is 15.6 Å². The summed E-state index contributed by atoms with van der Waals surface area (Å²) in [5.74, 6) is -0.378. The fraction of sp³-hybridized carbons (Fsp3) is 0.542. The molecule has 7 heteroatoms. The van der Waals surface area contributed by atoms with Crippen molar-refractivity contribution < 1.29 is 14.4 Å². The summed E-state index contributed by atoms with van der Waals surface area (Å²) in [6, 6.07) is 7.22. The van der Waals surface area contributed by atoms with E-state index in [0.29, 0.717) is 25.8 Å². The van der Waals surface area contributed by atoms with Gasteiger partial charge < -0.3 is 21.4 Å². The fourth-order valence-corrected chi connectivity index (χ4v) is 3.95. The second-order valence-corrected chi connectivity index (χ2v) is 8.80. The number of carbonyl (C=O) groups excluding carboxylic acids is 3. The molecule has 0 spiro atoms. The quantitative estimate of drug-likeness (QED) is 0.366. The highest BCUT2D eigenvalue weighted by atomic mass is 16.2. The maximum Gasteiger partial charge on any atom is 0.312 e. The number of amides is 2. The Kier molecular flexibility index (Phi) is 9.24. The van der Waals surface area contributed by atoms with Crippen LogP contribution in [0.1, 0.15) is 52.5 Å². The monoisotopic (exact) mass is 428 g/mol. The van der Waals surface area contributed by atoms with Gasteiger partial charge in [0, 0.05) is 47.9 Å². The van der Waals surface area contributed by atoms with Gasteiger partial charge in [0.05, 0.1) is 6.04 Å². The summed E-state index contributed by atoms with van der Waals surface area (Å²) in [5, 5.41) is 7.04. The van der Waals surface area contributed by atoms with E-state index in [1.54, 1.807) is 0 Å². The molecule has 0 saturated heterocycles. The summed E-state index contributed by atoms with van der Waals surface area (Å²) < 4.78 is 0. The first-order valence-electron chi connectivity index (χ1n) is 11.1. The average molecular weight is 429 g/mol. The molecule has 0 saturated carbocycles. The topological polar surface area (TPSA) is 117 Å². The summed E-state index contributed by atoms with van der Waals surface area (Å²) in [6.07, 6.45) is 3.86. The lowest BCUT2D eigenvalue weighted by Gasteiger charge is -2.23. The van der Waals surface area contributed by atoms with Gasteiger partial charge in [0.1, 0.15) is 5.78 Å². The van der Waals surface area contributed by atoms with Crippen LogP contribution in [-0.2, 0) is 16.0 Å². The lowest BCUT2D eigenvalue weighted by atomic mass is 9.85. The maximum absolute atomic E-state index is 13.3. The normalized spacial score (nSPS) is 13.5. The van der Waals surface area contributed by atoms with Crippen LogP contribution in [0.4, 0.5) is 4.79 Å². The second kappa shape index (κ2) is 11.6. The van der Waals surface area contributed by atoms with Crippen LogP contribution in [-0.4, -0.2) is 41.2 Å². The predicted molar refractivity (Wildman–Crippen MR) is 124 cm³/mol. The van der Waals surface area contributed by atoms with Crippen molar-refractivity contribution in [2.75, 3.05) is 6.54 Å². The summed E-state index contributed by atoms with van der Waals surface area (Å²) >= 11 is 0. The van der Waals surface area contributed by atoms with Crippen molar-refractivity contribution in [2.45, 2.75) is 65.5 Å². The number of urea groups is 1. The maximum atomic E-state index is 13.3. The van der Waals surface area contributed by atoms with E-state index in [4.69, 9.17) is 5.73 Å². The Labute approximate surface area is 184 Å². The predicted octanol–water partition coefficient (Wildman–Crippen LogP) is 3.33. The number of hydrogen-bond donors (Lipinski definition) is 4. The molecule has 0 bridgehead atoms.